The molecular weight excluding hydrogens is 364 g/mol. The van der Waals surface area contributed by atoms with E-state index < -0.39 is 0 Å². The van der Waals surface area contributed by atoms with E-state index in [4.69, 9.17) is 4.74 Å². The summed E-state index contributed by atoms with van der Waals surface area (Å²) in [6.45, 7) is 0.930. The van der Waals surface area contributed by atoms with Crippen molar-refractivity contribution in [2.75, 3.05) is 20.0 Å². The van der Waals surface area contributed by atoms with Crippen LogP contribution in [0.15, 0.2) is 52.4 Å². The molecule has 0 radical (unpaired) electrons. The second kappa shape index (κ2) is 8.79. The Labute approximate surface area is 160 Å². The third-order valence-corrected chi connectivity index (χ3v) is 4.79. The van der Waals surface area contributed by atoms with Crippen molar-refractivity contribution < 1.29 is 9.53 Å². The lowest BCUT2D eigenvalue weighted by Gasteiger charge is -2.12. The van der Waals surface area contributed by atoms with Gasteiger partial charge in [-0.2, -0.15) is 5.10 Å². The fraction of sp³-hybridized carbons (Fsp3) is 0.263. The van der Waals surface area contributed by atoms with Crippen molar-refractivity contribution in [3.63, 3.8) is 0 Å². The summed E-state index contributed by atoms with van der Waals surface area (Å²) in [5.41, 5.74) is 0.973. The van der Waals surface area contributed by atoms with Crippen LogP contribution in [0, 0.1) is 0 Å². The smallest absolute Gasteiger partial charge is 0.274 e. The van der Waals surface area contributed by atoms with Crippen molar-refractivity contribution in [3.8, 4) is 0 Å². The largest absolute Gasteiger partial charge is 0.383 e. The summed E-state index contributed by atoms with van der Waals surface area (Å²) in [6.07, 6.45) is 3.53. The number of hydrogen-bond acceptors (Lipinski definition) is 6. The number of carbonyl (C=O) groups excluding carboxylic acids is 1. The maximum absolute atomic E-state index is 12.6. The molecule has 2 aromatic heterocycles. The van der Waals surface area contributed by atoms with E-state index in [2.05, 4.69) is 15.4 Å². The highest BCUT2D eigenvalue weighted by atomic mass is 32.2. The zero-order valence-corrected chi connectivity index (χ0v) is 16.0. The number of amides is 1. The SMILES string of the molecule is COCCn1nc(CNC(=O)c2cccnc2SC)c2ccccc2c1=O. The van der Waals surface area contributed by atoms with Crippen LogP contribution in [0.5, 0.6) is 0 Å². The van der Waals surface area contributed by atoms with Gasteiger partial charge >= 0.3 is 0 Å². The van der Waals surface area contributed by atoms with E-state index in [9.17, 15) is 9.59 Å². The summed E-state index contributed by atoms with van der Waals surface area (Å²) in [7, 11) is 1.57. The van der Waals surface area contributed by atoms with Crippen molar-refractivity contribution in [1.29, 1.82) is 0 Å². The molecule has 1 aromatic carbocycles. The molecule has 0 aliphatic heterocycles. The molecule has 1 N–H and O–H groups in total. The van der Waals surface area contributed by atoms with Crippen LogP contribution in [-0.4, -0.2) is 40.6 Å². The van der Waals surface area contributed by atoms with Gasteiger partial charge in [0.1, 0.15) is 5.03 Å². The van der Waals surface area contributed by atoms with Gasteiger partial charge in [0.25, 0.3) is 11.5 Å². The molecule has 0 spiro atoms. The van der Waals surface area contributed by atoms with E-state index in [-0.39, 0.29) is 18.0 Å². The maximum atomic E-state index is 12.6. The molecule has 0 aliphatic rings. The monoisotopic (exact) mass is 384 g/mol. The Balaban J connectivity index is 1.91. The van der Waals surface area contributed by atoms with Gasteiger partial charge in [-0.1, -0.05) is 18.2 Å². The molecule has 2 heterocycles. The van der Waals surface area contributed by atoms with E-state index in [0.717, 1.165) is 5.39 Å². The topological polar surface area (TPSA) is 86.1 Å². The molecule has 8 heteroatoms. The van der Waals surface area contributed by atoms with Crippen LogP contribution in [0.25, 0.3) is 10.8 Å². The van der Waals surface area contributed by atoms with E-state index in [1.807, 2.05) is 24.5 Å². The lowest BCUT2D eigenvalue weighted by Crippen LogP contribution is -2.29. The summed E-state index contributed by atoms with van der Waals surface area (Å²) in [6, 6.07) is 10.7. The molecule has 0 fully saturated rings. The van der Waals surface area contributed by atoms with Gasteiger partial charge in [-0.3, -0.25) is 9.59 Å². The first-order chi connectivity index (χ1) is 13.2. The second-order valence-electron chi connectivity index (χ2n) is 5.76. The molecular formula is C19H20N4O3S. The van der Waals surface area contributed by atoms with Crippen molar-refractivity contribution in [3.05, 3.63) is 64.2 Å². The first-order valence-corrected chi connectivity index (χ1v) is 9.63. The zero-order chi connectivity index (χ0) is 19.2. The summed E-state index contributed by atoms with van der Waals surface area (Å²) in [5, 5.41) is 9.28. The van der Waals surface area contributed by atoms with Crippen LogP contribution in [0.4, 0.5) is 0 Å². The molecule has 0 saturated carbocycles. The first kappa shape index (κ1) is 19.1. The predicted octanol–water partition coefficient (Wildman–Crippen LogP) is 2.09. The fourth-order valence-corrected chi connectivity index (χ4v) is 3.30. The highest BCUT2D eigenvalue weighted by Gasteiger charge is 2.14. The molecule has 27 heavy (non-hydrogen) atoms. The quantitative estimate of drug-likeness (QED) is 0.628. The maximum Gasteiger partial charge on any atom is 0.274 e. The number of nitrogens with zero attached hydrogens (tertiary/aromatic N) is 3. The van der Waals surface area contributed by atoms with Crippen LogP contribution in [0.3, 0.4) is 0 Å². The third kappa shape index (κ3) is 4.17. The molecule has 140 valence electrons. The van der Waals surface area contributed by atoms with E-state index in [0.29, 0.717) is 34.8 Å². The number of methoxy groups -OCH3 is 1. The third-order valence-electron chi connectivity index (χ3n) is 4.08. The number of carbonyl (C=O) groups is 1. The molecule has 1 amide bonds. The first-order valence-electron chi connectivity index (χ1n) is 8.40. The highest BCUT2D eigenvalue weighted by Crippen LogP contribution is 2.17. The number of ether oxygens (including phenoxy) is 1. The number of fused-ring (bicyclic) bond motifs is 1. The standard InChI is InChI=1S/C19H20N4O3S/c1-26-11-10-23-19(25)14-7-4-3-6-13(14)16(22-23)12-21-17(24)15-8-5-9-20-18(15)27-2/h3-9H,10-12H2,1-2H3,(H,21,24). The average molecular weight is 384 g/mol. The minimum Gasteiger partial charge on any atom is -0.383 e. The van der Waals surface area contributed by atoms with Crippen molar-refractivity contribution in [1.82, 2.24) is 20.1 Å². The number of benzene rings is 1. The van der Waals surface area contributed by atoms with Gasteiger partial charge in [0.15, 0.2) is 0 Å². The van der Waals surface area contributed by atoms with E-state index >= 15 is 0 Å². The summed E-state index contributed by atoms with van der Waals surface area (Å²) >= 11 is 1.41. The molecule has 0 atom stereocenters. The number of aromatic nitrogens is 3. The predicted molar refractivity (Wildman–Crippen MR) is 105 cm³/mol. The molecule has 0 bridgehead atoms. The van der Waals surface area contributed by atoms with Gasteiger partial charge < -0.3 is 10.1 Å². The van der Waals surface area contributed by atoms with Gasteiger partial charge in [0.05, 0.1) is 36.3 Å². The Bertz CT molecular complexity index is 1020. The number of rotatable bonds is 7. The van der Waals surface area contributed by atoms with Crippen LogP contribution < -0.4 is 10.9 Å². The zero-order valence-electron chi connectivity index (χ0n) is 15.1. The van der Waals surface area contributed by atoms with Crippen LogP contribution in [-0.2, 0) is 17.8 Å². The summed E-state index contributed by atoms with van der Waals surface area (Å²) in [4.78, 5) is 29.4. The van der Waals surface area contributed by atoms with Gasteiger partial charge in [0.2, 0.25) is 0 Å². The Morgan fingerprint density at radius 2 is 2.00 bits per heavy atom. The highest BCUT2D eigenvalue weighted by molar-refractivity contribution is 7.98. The minimum atomic E-state index is -0.229. The van der Waals surface area contributed by atoms with E-state index in [1.165, 1.54) is 16.4 Å². The number of hydrogen-bond donors (Lipinski definition) is 1. The van der Waals surface area contributed by atoms with Crippen LogP contribution >= 0.6 is 11.8 Å². The molecule has 0 unspecified atom stereocenters. The van der Waals surface area contributed by atoms with Gasteiger partial charge in [-0.15, -0.1) is 11.8 Å². The normalized spacial score (nSPS) is 10.9. The fourth-order valence-electron chi connectivity index (χ4n) is 2.75. The summed E-state index contributed by atoms with van der Waals surface area (Å²) in [5.74, 6) is -0.229. The minimum absolute atomic E-state index is 0.172. The molecule has 3 rings (SSSR count). The molecule has 0 aliphatic carbocycles. The number of nitrogens with one attached hydrogen (secondary N) is 1. The number of pyridine rings is 1. The molecule has 0 saturated heterocycles. The Kier molecular flexibility index (Phi) is 6.20. The lowest BCUT2D eigenvalue weighted by atomic mass is 10.1. The summed E-state index contributed by atoms with van der Waals surface area (Å²) < 4.78 is 6.44. The van der Waals surface area contributed by atoms with Crippen LogP contribution in [0.1, 0.15) is 16.1 Å². The van der Waals surface area contributed by atoms with Crippen molar-refractivity contribution >= 4 is 28.4 Å². The van der Waals surface area contributed by atoms with Crippen molar-refractivity contribution in [2.24, 2.45) is 0 Å². The number of thioether (sulfide) groups is 1. The lowest BCUT2D eigenvalue weighted by molar-refractivity contribution is 0.0946. The Hall–Kier alpha value is -2.71. The molecule has 3 aromatic rings. The van der Waals surface area contributed by atoms with Gasteiger partial charge in [-0.05, 0) is 24.5 Å². The Morgan fingerprint density at radius 1 is 1.22 bits per heavy atom. The second-order valence-corrected chi connectivity index (χ2v) is 6.55. The van der Waals surface area contributed by atoms with Crippen LogP contribution in [0.2, 0.25) is 0 Å². The van der Waals surface area contributed by atoms with Gasteiger partial charge in [-0.25, -0.2) is 9.67 Å². The Morgan fingerprint density at radius 3 is 2.74 bits per heavy atom. The average Bonchev–Trinajstić information content (AvgIpc) is 2.72. The molecule has 7 nitrogen and oxygen atoms in total. The van der Waals surface area contributed by atoms with Gasteiger partial charge in [0, 0.05) is 18.7 Å². The van der Waals surface area contributed by atoms with Crippen molar-refractivity contribution in [2.45, 2.75) is 18.1 Å². The van der Waals surface area contributed by atoms with E-state index in [1.54, 1.807) is 31.5 Å².